The number of nitrogens with one attached hydrogen (secondary N) is 2. The van der Waals surface area contributed by atoms with E-state index < -0.39 is 0 Å². The van der Waals surface area contributed by atoms with Gasteiger partial charge in [0.2, 0.25) is 0 Å². The van der Waals surface area contributed by atoms with Gasteiger partial charge in [0.05, 0.1) is 0 Å². The van der Waals surface area contributed by atoms with Crippen LogP contribution in [0.5, 0.6) is 0 Å². The molecule has 0 spiro atoms. The van der Waals surface area contributed by atoms with Crippen molar-refractivity contribution < 1.29 is 4.94 Å². The lowest BCUT2D eigenvalue weighted by Crippen LogP contribution is -2.20. The molecule has 0 fully saturated rings. The smallest absolute Gasteiger partial charge is 0.112 e. The SMILES string of the molecule is [SiH3]NON[SiH3]. The number of rotatable bonds is 2. The lowest BCUT2D eigenvalue weighted by Gasteiger charge is -1.91. The van der Waals surface area contributed by atoms with E-state index in [-0.39, 0.29) is 0 Å². The molecule has 2 N–H and O–H groups in total. The maximum Gasteiger partial charge on any atom is 0.112 e. The fraction of sp³-hybridized carbons (Fsp3) is 0. The first-order valence-electron chi connectivity index (χ1n) is 1.41. The van der Waals surface area contributed by atoms with Crippen molar-refractivity contribution in [3.63, 3.8) is 0 Å². The van der Waals surface area contributed by atoms with Crippen molar-refractivity contribution in [1.82, 2.24) is 10.3 Å². The third kappa shape index (κ3) is 4.31. The molecule has 3 nitrogen and oxygen atoms in total. The molecule has 0 aromatic rings. The molecule has 0 radical (unpaired) electrons. The van der Waals surface area contributed by atoms with Gasteiger partial charge in [-0.1, -0.05) is 0 Å². The number of hydrogen-bond acceptors (Lipinski definition) is 3. The van der Waals surface area contributed by atoms with Crippen molar-refractivity contribution in [2.45, 2.75) is 0 Å². The quantitative estimate of drug-likeness (QED) is 0.285. The summed E-state index contributed by atoms with van der Waals surface area (Å²) in [6.45, 7) is 0. The van der Waals surface area contributed by atoms with Crippen molar-refractivity contribution in [2.24, 2.45) is 0 Å². The van der Waals surface area contributed by atoms with Crippen molar-refractivity contribution in [3.8, 4) is 0 Å². The average Bonchev–Trinajstić information content (AvgIpc) is 1.41. The summed E-state index contributed by atoms with van der Waals surface area (Å²) in [5, 5.41) is 5.16. The summed E-state index contributed by atoms with van der Waals surface area (Å²) in [5.41, 5.74) is 0. The molecular formula is H8N2OSi2. The average molecular weight is 108 g/mol. The van der Waals surface area contributed by atoms with Gasteiger partial charge in [-0.2, -0.15) is 0 Å². The van der Waals surface area contributed by atoms with Gasteiger partial charge in [-0.25, -0.2) is 15.2 Å². The van der Waals surface area contributed by atoms with E-state index in [4.69, 9.17) is 0 Å². The second-order valence-corrected chi connectivity index (χ2v) is 1.33. The van der Waals surface area contributed by atoms with Crippen LogP contribution in [-0.4, -0.2) is 20.8 Å². The van der Waals surface area contributed by atoms with Gasteiger partial charge in [-0.05, 0) is 0 Å². The molecule has 0 heterocycles. The molecule has 0 bridgehead atoms. The normalized spacial score (nSPS) is 9.60. The van der Waals surface area contributed by atoms with Gasteiger partial charge < -0.3 is 0 Å². The molecule has 0 aromatic carbocycles. The van der Waals surface area contributed by atoms with Gasteiger partial charge in [-0.15, -0.1) is 0 Å². The summed E-state index contributed by atoms with van der Waals surface area (Å²) in [4.78, 5) is 4.46. The molecule has 0 rings (SSSR count). The van der Waals surface area contributed by atoms with Crippen LogP contribution in [0.2, 0.25) is 0 Å². The van der Waals surface area contributed by atoms with E-state index in [0.717, 1.165) is 20.8 Å². The van der Waals surface area contributed by atoms with Crippen LogP contribution in [0.3, 0.4) is 0 Å². The second-order valence-electron chi connectivity index (χ2n) is 0.510. The summed E-state index contributed by atoms with van der Waals surface area (Å²) in [6, 6.07) is 0. The molecular weight excluding hydrogens is 100 g/mol. The molecule has 32 valence electrons. The zero-order chi connectivity index (χ0) is 4.12. The largest absolute Gasteiger partial charge is 0.231 e. The van der Waals surface area contributed by atoms with E-state index in [0.29, 0.717) is 0 Å². The minimum absolute atomic E-state index is 0.886. The Balaban J connectivity index is 2.19. The zero-order valence-electron chi connectivity index (χ0n) is 3.41. The lowest BCUT2D eigenvalue weighted by atomic mass is 13.2. The molecule has 0 aliphatic rings. The molecule has 5 heavy (non-hydrogen) atoms. The Hall–Kier alpha value is 0.314. The standard InChI is InChI=1S/H8N2OSi2/c4-1-3-2-5/h1-2H,4-5H3. The lowest BCUT2D eigenvalue weighted by molar-refractivity contribution is 0.0557. The van der Waals surface area contributed by atoms with Crippen molar-refractivity contribution in [3.05, 3.63) is 0 Å². The van der Waals surface area contributed by atoms with E-state index in [1.807, 2.05) is 0 Å². The molecule has 0 atom stereocenters. The van der Waals surface area contributed by atoms with Crippen molar-refractivity contribution in [2.75, 3.05) is 0 Å². The third-order valence-electron chi connectivity index (χ3n) is 0.204. The summed E-state index contributed by atoms with van der Waals surface area (Å²) < 4.78 is 0. The second kappa shape index (κ2) is 4.31. The first-order valence-corrected chi connectivity index (χ1v) is 3.41. The molecule has 5 heteroatoms. The molecule has 0 saturated heterocycles. The van der Waals surface area contributed by atoms with Crippen LogP contribution in [0.4, 0.5) is 0 Å². The van der Waals surface area contributed by atoms with E-state index >= 15 is 0 Å². The van der Waals surface area contributed by atoms with E-state index in [1.165, 1.54) is 0 Å². The Bertz CT molecular complexity index is 15.1. The summed E-state index contributed by atoms with van der Waals surface area (Å²) >= 11 is 0. The molecule has 0 unspecified atom stereocenters. The maximum absolute atomic E-state index is 4.46. The summed E-state index contributed by atoms with van der Waals surface area (Å²) in [6.07, 6.45) is 0. The molecule has 0 amide bonds. The first-order chi connectivity index (χ1) is 2.41. The van der Waals surface area contributed by atoms with Crippen LogP contribution in [0.25, 0.3) is 0 Å². The van der Waals surface area contributed by atoms with Gasteiger partial charge in [-0.3, -0.25) is 0 Å². The summed E-state index contributed by atoms with van der Waals surface area (Å²) in [7, 11) is 1.77. The highest BCUT2D eigenvalue weighted by atomic mass is 28.2. The Morgan fingerprint density at radius 2 is 1.60 bits per heavy atom. The van der Waals surface area contributed by atoms with Crippen LogP contribution in [-0.2, 0) is 4.94 Å². The van der Waals surface area contributed by atoms with Gasteiger partial charge in [0.25, 0.3) is 0 Å². The van der Waals surface area contributed by atoms with Gasteiger partial charge in [0.1, 0.15) is 20.8 Å². The van der Waals surface area contributed by atoms with Crippen LogP contribution >= 0.6 is 0 Å². The first kappa shape index (κ1) is 5.31. The summed E-state index contributed by atoms with van der Waals surface area (Å²) in [5.74, 6) is 0. The van der Waals surface area contributed by atoms with Crippen molar-refractivity contribution >= 4 is 20.8 Å². The Morgan fingerprint density at radius 3 is 1.60 bits per heavy atom. The van der Waals surface area contributed by atoms with Crippen molar-refractivity contribution in [1.29, 1.82) is 0 Å². The monoisotopic (exact) mass is 108 g/mol. The highest BCUT2D eigenvalue weighted by Gasteiger charge is 1.58. The highest BCUT2D eigenvalue weighted by Crippen LogP contribution is 1.32. The van der Waals surface area contributed by atoms with Crippen LogP contribution in [0.1, 0.15) is 0 Å². The number of hydrogen-bond donors (Lipinski definition) is 2. The predicted molar refractivity (Wildman–Crippen MR) is 27.2 cm³/mol. The van der Waals surface area contributed by atoms with Crippen LogP contribution < -0.4 is 10.3 Å². The predicted octanol–water partition coefficient (Wildman–Crippen LogP) is -3.43. The molecule has 0 aliphatic carbocycles. The minimum Gasteiger partial charge on any atom is -0.231 e. The fourth-order valence-corrected chi connectivity index (χ4v) is 0.919. The van der Waals surface area contributed by atoms with Gasteiger partial charge in [0.15, 0.2) is 0 Å². The van der Waals surface area contributed by atoms with Crippen LogP contribution in [0, 0.1) is 0 Å². The third-order valence-corrected chi connectivity index (χ3v) is 0.612. The zero-order valence-corrected chi connectivity index (χ0v) is 7.41. The van der Waals surface area contributed by atoms with E-state index in [9.17, 15) is 0 Å². The molecule has 0 aliphatic heterocycles. The van der Waals surface area contributed by atoms with E-state index in [1.54, 1.807) is 0 Å². The maximum atomic E-state index is 4.46. The Labute approximate surface area is 37.0 Å². The topological polar surface area (TPSA) is 33.3 Å². The molecule has 0 aromatic heterocycles. The Kier molecular flexibility index (Phi) is 4.58. The van der Waals surface area contributed by atoms with Crippen LogP contribution in [0.15, 0.2) is 0 Å². The van der Waals surface area contributed by atoms with E-state index in [2.05, 4.69) is 15.2 Å². The Morgan fingerprint density at radius 1 is 1.20 bits per heavy atom. The van der Waals surface area contributed by atoms with Gasteiger partial charge in [0, 0.05) is 0 Å². The molecule has 0 saturated carbocycles. The highest BCUT2D eigenvalue weighted by molar-refractivity contribution is 6.04. The van der Waals surface area contributed by atoms with Gasteiger partial charge >= 0.3 is 0 Å². The fourth-order valence-electron chi connectivity index (χ4n) is 0.102. The minimum atomic E-state index is 0.886.